The molecule has 0 aliphatic rings. The molecule has 0 aromatic heterocycles. The van der Waals surface area contributed by atoms with Crippen LogP contribution < -0.4 is 0 Å². The van der Waals surface area contributed by atoms with Crippen LogP contribution in [0, 0.1) is 6.26 Å². The lowest BCUT2D eigenvalue weighted by Gasteiger charge is -2.04. The van der Waals surface area contributed by atoms with Gasteiger partial charge in [-0.1, -0.05) is 6.92 Å². The molecule has 0 fully saturated rings. The third-order valence-corrected chi connectivity index (χ3v) is 0.762. The molecule has 0 atom stereocenters. The van der Waals surface area contributed by atoms with Gasteiger partial charge in [-0.05, 0) is 26.3 Å². The van der Waals surface area contributed by atoms with Crippen LogP contribution in [0.3, 0.4) is 0 Å². The predicted octanol–water partition coefficient (Wildman–Crippen LogP) is 2.27. The molecule has 0 aromatic carbocycles. The zero-order valence-corrected chi connectivity index (χ0v) is 7.09. The molecule has 0 aromatic rings. The molecule has 11 heavy (non-hydrogen) atoms. The Balaban J connectivity index is 3.45. The van der Waals surface area contributed by atoms with Crippen LogP contribution >= 0.6 is 0 Å². The highest BCUT2D eigenvalue weighted by atomic mass is 16.7. The molecule has 0 saturated carbocycles. The molecule has 3 heteroatoms. The van der Waals surface area contributed by atoms with Crippen molar-refractivity contribution in [3.05, 3.63) is 12.3 Å². The third-order valence-electron chi connectivity index (χ3n) is 0.762. The smallest absolute Gasteiger partial charge is 0.431 e. The summed E-state index contributed by atoms with van der Waals surface area (Å²) in [6.07, 6.45) is 3.89. The Morgan fingerprint density at radius 1 is 1.64 bits per heavy atom. The van der Waals surface area contributed by atoms with Crippen LogP contribution in [0.1, 0.15) is 27.2 Å². The molecule has 0 heterocycles. The van der Waals surface area contributed by atoms with E-state index in [9.17, 15) is 4.79 Å². The van der Waals surface area contributed by atoms with Crippen LogP contribution in [-0.2, 0) is 9.47 Å². The molecule has 3 nitrogen and oxygen atoms in total. The third kappa shape index (κ3) is 6.90. The highest BCUT2D eigenvalue weighted by Gasteiger charge is 2.03. The summed E-state index contributed by atoms with van der Waals surface area (Å²) < 4.78 is 9.08. The van der Waals surface area contributed by atoms with E-state index in [2.05, 4.69) is 15.7 Å². The van der Waals surface area contributed by atoms with Crippen molar-refractivity contribution in [2.75, 3.05) is 0 Å². The molecule has 0 aliphatic heterocycles. The first-order chi connectivity index (χ1) is 5.16. The van der Waals surface area contributed by atoms with Gasteiger partial charge in [-0.2, -0.15) is 0 Å². The normalized spacial score (nSPS) is 10.5. The van der Waals surface area contributed by atoms with Gasteiger partial charge in [0.05, 0.1) is 6.10 Å². The summed E-state index contributed by atoms with van der Waals surface area (Å²) in [5.74, 6) is 0. The number of hydrogen-bond donors (Lipinski definition) is 0. The number of allylic oxidation sites excluding steroid dienone is 1. The van der Waals surface area contributed by atoms with Crippen LogP contribution in [0.25, 0.3) is 0 Å². The average molecular weight is 157 g/mol. The zero-order chi connectivity index (χ0) is 8.69. The van der Waals surface area contributed by atoms with Crippen LogP contribution in [0.2, 0.25) is 0 Å². The van der Waals surface area contributed by atoms with Gasteiger partial charge in [0, 0.05) is 0 Å². The molecule has 0 bridgehead atoms. The van der Waals surface area contributed by atoms with Gasteiger partial charge in [0.2, 0.25) is 0 Å². The number of carbonyl (C=O) groups is 1. The van der Waals surface area contributed by atoms with E-state index in [0.717, 1.165) is 6.42 Å². The molecule has 0 aliphatic carbocycles. The largest absolute Gasteiger partial charge is 0.514 e. The minimum Gasteiger partial charge on any atom is -0.431 e. The van der Waals surface area contributed by atoms with Gasteiger partial charge in [0.25, 0.3) is 0 Å². The van der Waals surface area contributed by atoms with Crippen molar-refractivity contribution >= 4 is 6.16 Å². The van der Waals surface area contributed by atoms with Gasteiger partial charge in [-0.3, -0.25) is 0 Å². The van der Waals surface area contributed by atoms with Crippen molar-refractivity contribution in [2.45, 2.75) is 33.3 Å². The number of carbonyl (C=O) groups excluding carboxylic acids is 1. The maximum Gasteiger partial charge on any atom is 0.514 e. The van der Waals surface area contributed by atoms with E-state index in [1.807, 2.05) is 6.92 Å². The Morgan fingerprint density at radius 2 is 2.27 bits per heavy atom. The SMILES string of the molecule is CC/C=[C]\OC(=O)OC(C)C. The molecule has 0 unspecified atom stereocenters. The van der Waals surface area contributed by atoms with Crippen molar-refractivity contribution in [1.82, 2.24) is 0 Å². The van der Waals surface area contributed by atoms with Gasteiger partial charge in [0.1, 0.15) is 0 Å². The monoisotopic (exact) mass is 157 g/mol. The van der Waals surface area contributed by atoms with Crippen molar-refractivity contribution in [3.63, 3.8) is 0 Å². The maximum absolute atomic E-state index is 10.6. The van der Waals surface area contributed by atoms with E-state index < -0.39 is 6.16 Å². The Kier molecular flexibility index (Phi) is 5.25. The second-order valence-corrected chi connectivity index (χ2v) is 2.25. The second kappa shape index (κ2) is 5.77. The maximum atomic E-state index is 10.6. The predicted molar refractivity (Wildman–Crippen MR) is 40.8 cm³/mol. The summed E-state index contributed by atoms with van der Waals surface area (Å²) in [6.45, 7) is 5.43. The summed E-state index contributed by atoms with van der Waals surface area (Å²) in [7, 11) is 0. The highest BCUT2D eigenvalue weighted by molar-refractivity contribution is 5.60. The van der Waals surface area contributed by atoms with Crippen molar-refractivity contribution in [1.29, 1.82) is 0 Å². The minimum atomic E-state index is -0.704. The molecule has 0 rings (SSSR count). The summed E-state index contributed by atoms with van der Waals surface area (Å²) in [5, 5.41) is 0. The van der Waals surface area contributed by atoms with E-state index in [1.165, 1.54) is 0 Å². The van der Waals surface area contributed by atoms with Crippen LogP contribution in [-0.4, -0.2) is 12.3 Å². The van der Waals surface area contributed by atoms with E-state index in [0.29, 0.717) is 0 Å². The van der Waals surface area contributed by atoms with Crippen molar-refractivity contribution < 1.29 is 14.3 Å². The van der Waals surface area contributed by atoms with Gasteiger partial charge in [-0.25, -0.2) is 4.79 Å². The van der Waals surface area contributed by atoms with Crippen molar-refractivity contribution in [3.8, 4) is 0 Å². The minimum absolute atomic E-state index is 0.147. The lowest BCUT2D eigenvalue weighted by Crippen LogP contribution is -2.10. The van der Waals surface area contributed by atoms with Crippen LogP contribution in [0.5, 0.6) is 0 Å². The molecule has 0 N–H and O–H groups in total. The summed E-state index contributed by atoms with van der Waals surface area (Å²) in [4.78, 5) is 10.6. The van der Waals surface area contributed by atoms with Gasteiger partial charge < -0.3 is 9.47 Å². The first kappa shape index (κ1) is 10.0. The summed E-state index contributed by atoms with van der Waals surface area (Å²) in [5.41, 5.74) is 0. The van der Waals surface area contributed by atoms with Crippen LogP contribution in [0.15, 0.2) is 6.08 Å². The van der Waals surface area contributed by atoms with E-state index >= 15 is 0 Å². The van der Waals surface area contributed by atoms with Crippen LogP contribution in [0.4, 0.5) is 4.79 Å². The fourth-order valence-corrected chi connectivity index (χ4v) is 0.390. The van der Waals surface area contributed by atoms with Crippen molar-refractivity contribution in [2.24, 2.45) is 0 Å². The topological polar surface area (TPSA) is 35.5 Å². The Morgan fingerprint density at radius 3 is 2.73 bits per heavy atom. The van der Waals surface area contributed by atoms with Gasteiger partial charge in [0.15, 0.2) is 6.26 Å². The summed E-state index contributed by atoms with van der Waals surface area (Å²) >= 11 is 0. The lowest BCUT2D eigenvalue weighted by molar-refractivity contribution is 0.0560. The standard InChI is InChI=1S/C8H13O3/c1-4-5-6-10-8(9)11-7(2)3/h5,7H,4H2,1-3H3. The molecular formula is C8H13O3. The average Bonchev–Trinajstić information content (AvgIpc) is 1.86. The fourth-order valence-electron chi connectivity index (χ4n) is 0.390. The highest BCUT2D eigenvalue weighted by Crippen LogP contribution is 1.92. The zero-order valence-electron chi connectivity index (χ0n) is 7.09. The Bertz CT molecular complexity index is 138. The Hall–Kier alpha value is -0.990. The lowest BCUT2D eigenvalue weighted by atomic mass is 10.5. The Labute approximate surface area is 67.0 Å². The molecular weight excluding hydrogens is 144 g/mol. The number of rotatable bonds is 3. The molecule has 0 spiro atoms. The first-order valence-corrected chi connectivity index (χ1v) is 3.61. The van der Waals surface area contributed by atoms with E-state index in [-0.39, 0.29) is 6.10 Å². The summed E-state index contributed by atoms with van der Waals surface area (Å²) in [6, 6.07) is 0. The molecule has 0 saturated heterocycles. The first-order valence-electron chi connectivity index (χ1n) is 3.61. The number of hydrogen-bond acceptors (Lipinski definition) is 3. The van der Waals surface area contributed by atoms with E-state index in [4.69, 9.17) is 0 Å². The quantitative estimate of drug-likeness (QED) is 0.465. The second-order valence-electron chi connectivity index (χ2n) is 2.25. The molecule has 63 valence electrons. The van der Waals surface area contributed by atoms with Gasteiger partial charge in [-0.15, -0.1) is 0 Å². The molecule has 1 radical (unpaired) electrons. The van der Waals surface area contributed by atoms with E-state index in [1.54, 1.807) is 19.9 Å². The molecule has 0 amide bonds. The van der Waals surface area contributed by atoms with Gasteiger partial charge >= 0.3 is 6.16 Å². The number of ether oxygens (including phenoxy) is 2. The fraction of sp³-hybridized carbons (Fsp3) is 0.625.